The first kappa shape index (κ1) is 96.4. The lowest BCUT2D eigenvalue weighted by Gasteiger charge is -2.42. The maximum absolute atomic E-state index is 14.8. The van der Waals surface area contributed by atoms with E-state index in [1.54, 1.807) is 59.1 Å². The van der Waals surface area contributed by atoms with Crippen molar-refractivity contribution in [3.8, 4) is 11.3 Å². The summed E-state index contributed by atoms with van der Waals surface area (Å²) in [4.78, 5) is 128. The first-order valence-corrected chi connectivity index (χ1v) is 46.7. The summed E-state index contributed by atoms with van der Waals surface area (Å²) in [6, 6.07) is 10.8. The molecule has 11 heterocycles. The third kappa shape index (κ3) is 24.3. The van der Waals surface area contributed by atoms with Crippen molar-refractivity contribution in [1.82, 2.24) is 69.6 Å². The fraction of sp³-hybridized carbons (Fsp3) is 0.573. The first-order chi connectivity index (χ1) is 63.2. The first-order valence-electron chi connectivity index (χ1n) is 46.3. The second kappa shape index (κ2) is 44.7. The topological polar surface area (TPSA) is 412 Å². The molecule has 4 saturated heterocycles. The lowest BCUT2D eigenvalue weighted by atomic mass is 9.81. The van der Waals surface area contributed by atoms with Gasteiger partial charge in [0.2, 0.25) is 23.6 Å². The van der Waals surface area contributed by atoms with Crippen molar-refractivity contribution in [2.75, 3.05) is 128 Å². The van der Waals surface area contributed by atoms with E-state index in [1.807, 2.05) is 90.8 Å². The van der Waals surface area contributed by atoms with Gasteiger partial charge in [0.05, 0.1) is 67.6 Å². The number of carbonyl (C=O) groups is 6. The minimum atomic E-state index is -2.44. The summed E-state index contributed by atoms with van der Waals surface area (Å²) in [7, 11) is 4.84. The molecule has 7 aliphatic rings. The fourth-order valence-electron chi connectivity index (χ4n) is 19.2. The molecule has 14 rings (SSSR count). The van der Waals surface area contributed by atoms with E-state index in [0.29, 0.717) is 193 Å². The lowest BCUT2D eigenvalue weighted by molar-refractivity contribution is -0.265. The standard InChI is InChI=1S/C96H128N18O16S/c1-59-15-11-10-12-16-60(2)80(123-7)49-73-24-18-64(6)96(122,130-73)86(118)90(120)113-30-14-13-17-75(113)91(121)127-72(48-81(124-8)63(5)44-62(4)77(116)50-76(115)61(3)43-59)25-20-65-21-26-79(82(46-65)125-9)129-95(131)103-53-67-51-99-93(100-52-67)111-38-36-109(37-39-111)83(117)29-41-126-42-40-108-32-34-110(35-33-108)94-101-54-71(55-102-94)89(119)112-31-28-68-45-66(19-22-70(68)57-112)56-114-88-84(87(97)104-58-105-88)85(107-114)69-23-27-78-74(47-69)106-92(98)128-78/h10-12,15-16,19,22-23,27,44-45,47,51-52,54-55,58-59,61,63-65,72-73,75,77,79-82,116,122H,13-14,17-18,20-21,24-26,28-43,46,48-50,53,56-57H2,1-9H3,(H2,98,106)(H,103,131)(H2,97,104,105)/b12-10?,15-11+,60-16?,62-44+/t59-,61-,63-,64-,65-,72-,73?,75+,77+,79-,80+,81-,82-,96-/m1/s1. The van der Waals surface area contributed by atoms with E-state index in [1.165, 1.54) is 16.8 Å². The van der Waals surface area contributed by atoms with Gasteiger partial charge in [-0.1, -0.05) is 82.4 Å². The van der Waals surface area contributed by atoms with Crippen LogP contribution in [0.4, 0.5) is 23.7 Å². The summed E-state index contributed by atoms with van der Waals surface area (Å²) < 4.78 is 50.7. The summed E-state index contributed by atoms with van der Waals surface area (Å²) in [5, 5.41) is 32.7. The Balaban J connectivity index is 0.492. The number of Topliss-reactive ketones (excluding diaryl/α,β-unsaturated/α-hetero) is 2. The van der Waals surface area contributed by atoms with Gasteiger partial charge in [-0.2, -0.15) is 10.1 Å². The van der Waals surface area contributed by atoms with Crippen molar-refractivity contribution in [3.63, 3.8) is 0 Å². The number of nitrogens with zero attached hydrogens (tertiary/aromatic N) is 15. The van der Waals surface area contributed by atoms with Gasteiger partial charge >= 0.3 is 5.97 Å². The highest BCUT2D eigenvalue weighted by Crippen LogP contribution is 2.40. The van der Waals surface area contributed by atoms with Crippen LogP contribution in [-0.4, -0.2) is 276 Å². The second-order valence-electron chi connectivity index (χ2n) is 36.4. The number of thiocarbonyl (C=S) groups is 1. The Labute approximate surface area is 770 Å². The predicted molar refractivity (Wildman–Crippen MR) is 497 cm³/mol. The molecule has 704 valence electrons. The monoisotopic (exact) mass is 1820 g/mol. The molecule has 0 spiro atoms. The number of benzene rings is 2. The van der Waals surface area contributed by atoms with Crippen LogP contribution in [0.2, 0.25) is 0 Å². The van der Waals surface area contributed by atoms with Gasteiger partial charge < -0.3 is 89.1 Å². The number of aliphatic hydroxyl groups excluding tert-OH is 1. The molecule has 5 aromatic heterocycles. The van der Waals surface area contributed by atoms with E-state index in [4.69, 9.17) is 66.4 Å². The number of nitrogens with two attached hydrogens (primary N) is 2. The fourth-order valence-corrected chi connectivity index (χ4v) is 19.4. The SMILES string of the molecule is CO[C@H]1CC2CC[C@@H](C)[C@@](O)(O2)C(=O)C(=O)N2CCCC[C@H]2C(=O)O[C@H](CC[C@@H]2CC[C@@H](OC(=S)NCc3cnc(N4CCN(C(=O)CCOCCN5CCN(c6ncc(C(=O)N7CCc8cc(Cn9nc(-c%10ccc%11oc(N)nc%11c%10)c%10c(N)ncnc%109)ccc8C7)cn6)CC5)CC4)nc3)[C@H](OC)C2)C[C@@H](OC)[C@H](C)/C=C(\C)[C@@H](O)CC(=O)[C@H](C)C[C@H](C)/C=C/C=CC=C1C. The third-order valence-corrected chi connectivity index (χ3v) is 27.4. The van der Waals surface area contributed by atoms with Crippen LogP contribution in [0.5, 0.6) is 0 Å². The van der Waals surface area contributed by atoms with Crippen molar-refractivity contribution >= 4 is 98.5 Å². The molecule has 0 radical (unpaired) electrons. The quantitative estimate of drug-likeness (QED) is 0.0147. The van der Waals surface area contributed by atoms with Gasteiger partial charge in [-0.05, 0) is 161 Å². The zero-order valence-electron chi connectivity index (χ0n) is 76.8. The summed E-state index contributed by atoms with van der Waals surface area (Å²) in [6.07, 6.45) is 23.4. The van der Waals surface area contributed by atoms with Crippen LogP contribution in [0.25, 0.3) is 33.4 Å². The van der Waals surface area contributed by atoms with Gasteiger partial charge in [-0.25, -0.2) is 39.4 Å². The van der Waals surface area contributed by atoms with E-state index in [-0.39, 0.29) is 96.9 Å². The minimum Gasteiger partial charge on any atom is -0.465 e. The number of rotatable bonds is 21. The number of methoxy groups -OCH3 is 3. The van der Waals surface area contributed by atoms with Crippen LogP contribution in [-0.2, 0) is 83.2 Å². The minimum absolute atomic E-state index is 0.0371. The molecule has 1 aliphatic carbocycles. The van der Waals surface area contributed by atoms with E-state index in [0.717, 1.165) is 67.0 Å². The highest BCUT2D eigenvalue weighted by molar-refractivity contribution is 7.80. The molecule has 34 nitrogen and oxygen atoms in total. The number of fused-ring (bicyclic) bond motifs is 6. The summed E-state index contributed by atoms with van der Waals surface area (Å²) >= 11 is 5.76. The number of hydrogen-bond acceptors (Lipinski definition) is 30. The molecule has 35 heteroatoms. The molecule has 14 atom stereocenters. The number of anilines is 4. The van der Waals surface area contributed by atoms with Crippen molar-refractivity contribution in [2.24, 2.45) is 29.6 Å². The van der Waals surface area contributed by atoms with Gasteiger partial charge in [0.25, 0.3) is 28.8 Å². The highest BCUT2D eigenvalue weighted by atomic mass is 32.1. The summed E-state index contributed by atoms with van der Waals surface area (Å²) in [5.41, 5.74) is 21.4. The lowest BCUT2D eigenvalue weighted by Crippen LogP contribution is -2.60. The highest BCUT2D eigenvalue weighted by Gasteiger charge is 2.53. The Morgan fingerprint density at radius 2 is 1.47 bits per heavy atom. The van der Waals surface area contributed by atoms with Crippen LogP contribution in [0, 0.1) is 29.6 Å². The number of aliphatic hydroxyl groups is 2. The molecule has 2 bridgehead atoms. The van der Waals surface area contributed by atoms with Crippen molar-refractivity contribution in [1.29, 1.82) is 0 Å². The number of aromatic nitrogens is 9. The molecule has 1 saturated carbocycles. The molecule has 1 unspecified atom stereocenters. The zero-order chi connectivity index (χ0) is 92.6. The Hall–Kier alpha value is -10.6. The molecule has 7 aromatic rings. The molecule has 2 aromatic carbocycles. The van der Waals surface area contributed by atoms with Gasteiger partial charge in [0.1, 0.15) is 47.4 Å². The van der Waals surface area contributed by atoms with Gasteiger partial charge in [0.15, 0.2) is 11.2 Å². The maximum atomic E-state index is 14.8. The van der Waals surface area contributed by atoms with Crippen LogP contribution >= 0.6 is 12.2 Å². The number of nitrogens with one attached hydrogen (secondary N) is 1. The van der Waals surface area contributed by atoms with Crippen molar-refractivity contribution in [3.05, 3.63) is 143 Å². The number of nitrogen functional groups attached to an aromatic ring is 2. The molecule has 3 amide bonds. The Morgan fingerprint density at radius 3 is 2.21 bits per heavy atom. The summed E-state index contributed by atoms with van der Waals surface area (Å²) in [5.74, 6) is -4.95. The largest absolute Gasteiger partial charge is 0.465 e. The number of carbonyl (C=O) groups excluding carboxylic acids is 6. The second-order valence-corrected chi connectivity index (χ2v) is 36.7. The number of ether oxygens (including phenoxy) is 7. The number of amides is 3. The van der Waals surface area contributed by atoms with Crippen LogP contribution in [0.3, 0.4) is 0 Å². The average Bonchev–Trinajstić information content (AvgIpc) is 1.75. The van der Waals surface area contributed by atoms with E-state index in [2.05, 4.69) is 80.0 Å². The van der Waals surface area contributed by atoms with Crippen LogP contribution in [0.15, 0.2) is 120 Å². The Kier molecular flexibility index (Phi) is 32.9. The Morgan fingerprint density at radius 1 is 0.718 bits per heavy atom. The number of esters is 1. The number of piperazine rings is 2. The van der Waals surface area contributed by atoms with Crippen molar-refractivity contribution in [2.45, 2.75) is 218 Å². The molecule has 6 aliphatic heterocycles. The number of ketones is 2. The molecular formula is C96H128N18O16S. The molecule has 7 N–H and O–H groups in total. The summed E-state index contributed by atoms with van der Waals surface area (Å²) in [6.45, 7) is 20.0. The van der Waals surface area contributed by atoms with Crippen molar-refractivity contribution < 1.29 is 76.6 Å². The molecule has 131 heavy (non-hydrogen) atoms. The van der Waals surface area contributed by atoms with Gasteiger partial charge in [0, 0.05) is 179 Å². The van der Waals surface area contributed by atoms with E-state index in [9.17, 15) is 39.0 Å². The average molecular weight is 1820 g/mol. The number of hydrogen-bond donors (Lipinski definition) is 5. The number of allylic oxidation sites excluding steroid dienone is 5. The molecule has 5 fully saturated rings. The van der Waals surface area contributed by atoms with Gasteiger partial charge in [-0.15, -0.1) is 0 Å². The predicted octanol–water partition coefficient (Wildman–Crippen LogP) is 9.67. The maximum Gasteiger partial charge on any atom is 0.329 e. The smallest absolute Gasteiger partial charge is 0.329 e. The zero-order valence-corrected chi connectivity index (χ0v) is 77.6. The normalized spacial score (nSPS) is 27.1. The van der Waals surface area contributed by atoms with E-state index >= 15 is 0 Å². The van der Waals surface area contributed by atoms with Crippen LogP contribution in [0.1, 0.15) is 170 Å². The van der Waals surface area contributed by atoms with Gasteiger partial charge in [-0.3, -0.25) is 28.9 Å². The number of cyclic esters (lactones) is 1. The Bertz CT molecular complexity index is 5270. The molecular weight excluding hydrogens is 1690 g/mol. The van der Waals surface area contributed by atoms with E-state index < -0.39 is 65.9 Å². The number of oxazole rings is 1. The van der Waals surface area contributed by atoms with Crippen LogP contribution < -0.4 is 26.6 Å². The number of piperidine rings is 1. The third-order valence-electron chi connectivity index (χ3n) is 27.2.